The maximum Gasteiger partial charge on any atom is 0.189 e. The molecule has 0 spiro atoms. The Bertz CT molecular complexity index is 835. The first-order valence-corrected chi connectivity index (χ1v) is 13.4. The summed E-state index contributed by atoms with van der Waals surface area (Å²) in [4.78, 5) is 0.390. The Balaban J connectivity index is 2.34. The molecule has 0 amide bonds. The van der Waals surface area contributed by atoms with Gasteiger partial charge in [-0.1, -0.05) is 51.2 Å². The van der Waals surface area contributed by atoms with Crippen LogP contribution in [0.4, 0.5) is 0 Å². The number of sulfone groups is 1. The monoisotopic (exact) mass is 364 g/mol. The van der Waals surface area contributed by atoms with Crippen LogP contribution in [-0.2, 0) is 9.84 Å². The summed E-state index contributed by atoms with van der Waals surface area (Å²) < 4.78 is 26.8. The molecule has 0 radical (unpaired) electrons. The zero-order chi connectivity index (χ0) is 18.4. The van der Waals surface area contributed by atoms with Crippen LogP contribution in [0.2, 0.25) is 19.6 Å². The maximum atomic E-state index is 13.9. The number of hydrogen-bond donors (Lipinski definition) is 0. The molecule has 0 bridgehead atoms. The molecule has 3 rings (SSSR count). The second-order valence-electron chi connectivity index (χ2n) is 9.34. The van der Waals surface area contributed by atoms with Crippen molar-refractivity contribution in [3.8, 4) is 0 Å². The summed E-state index contributed by atoms with van der Waals surface area (Å²) in [6.07, 6.45) is 0. The van der Waals surface area contributed by atoms with Crippen molar-refractivity contribution in [3.63, 3.8) is 0 Å². The number of azo groups is 1. The quantitative estimate of drug-likeness (QED) is 0.746. The van der Waals surface area contributed by atoms with Gasteiger partial charge in [-0.15, -0.1) is 0 Å². The molecule has 0 saturated heterocycles. The highest BCUT2D eigenvalue weighted by atomic mass is 32.2. The molecule has 1 aliphatic heterocycles. The molecule has 1 saturated carbocycles. The second kappa shape index (κ2) is 4.39. The standard InChI is InChI=1S/C18H28N2O2SSi/c1-13-9-11-14(12-10-13)23(21,22)17-15(2,3)18(17,24(6,7)8)20-19-16(17,4)5/h9-12H,1-8H3. The van der Waals surface area contributed by atoms with E-state index in [0.717, 1.165) is 5.56 Å². The van der Waals surface area contributed by atoms with E-state index in [1.807, 2.05) is 32.9 Å². The molecule has 4 nitrogen and oxygen atoms in total. The Kier molecular flexibility index (Phi) is 3.25. The van der Waals surface area contributed by atoms with Gasteiger partial charge in [-0.25, -0.2) is 8.42 Å². The van der Waals surface area contributed by atoms with Crippen molar-refractivity contribution in [1.29, 1.82) is 0 Å². The Morgan fingerprint density at radius 1 is 0.917 bits per heavy atom. The third kappa shape index (κ3) is 1.53. The zero-order valence-corrected chi connectivity index (χ0v) is 17.7. The lowest BCUT2D eigenvalue weighted by Gasteiger charge is -2.32. The summed E-state index contributed by atoms with van der Waals surface area (Å²) in [7, 11) is -5.55. The summed E-state index contributed by atoms with van der Waals surface area (Å²) in [5, 5.41) is 8.62. The van der Waals surface area contributed by atoms with Crippen molar-refractivity contribution >= 4 is 17.9 Å². The summed E-state index contributed by atoms with van der Waals surface area (Å²) in [5.74, 6) is 0. The minimum atomic E-state index is -3.59. The molecule has 0 aromatic heterocycles. The molecule has 2 atom stereocenters. The van der Waals surface area contributed by atoms with E-state index in [4.69, 9.17) is 5.11 Å². The van der Waals surface area contributed by atoms with Gasteiger partial charge in [-0.05, 0) is 32.9 Å². The van der Waals surface area contributed by atoms with Crippen LogP contribution in [0.25, 0.3) is 0 Å². The molecule has 2 aliphatic rings. The van der Waals surface area contributed by atoms with Gasteiger partial charge in [0.15, 0.2) is 9.84 Å². The largest absolute Gasteiger partial charge is 0.223 e. The molecule has 1 heterocycles. The van der Waals surface area contributed by atoms with Crippen LogP contribution < -0.4 is 0 Å². The van der Waals surface area contributed by atoms with Gasteiger partial charge < -0.3 is 0 Å². The lowest BCUT2D eigenvalue weighted by atomic mass is 9.93. The van der Waals surface area contributed by atoms with Crippen LogP contribution in [0, 0.1) is 12.3 Å². The van der Waals surface area contributed by atoms with Gasteiger partial charge in [0.05, 0.1) is 18.5 Å². The number of benzene rings is 1. The summed E-state index contributed by atoms with van der Waals surface area (Å²) in [6.45, 7) is 16.6. The van der Waals surface area contributed by atoms with Crippen molar-refractivity contribution in [2.45, 2.75) is 74.6 Å². The number of aryl methyl sites for hydroxylation is 1. The lowest BCUT2D eigenvalue weighted by molar-refractivity contribution is 0.382. The van der Waals surface area contributed by atoms with Crippen LogP contribution in [0.1, 0.15) is 33.3 Å². The van der Waals surface area contributed by atoms with E-state index in [1.165, 1.54) is 0 Å². The molecule has 1 aromatic carbocycles. The number of fused-ring (bicyclic) bond motifs is 1. The van der Waals surface area contributed by atoms with Crippen molar-refractivity contribution in [1.82, 2.24) is 0 Å². The third-order valence-corrected chi connectivity index (χ3v) is 12.8. The third-order valence-electron chi connectivity index (χ3n) is 6.36. The van der Waals surface area contributed by atoms with Crippen molar-refractivity contribution < 1.29 is 8.42 Å². The normalized spacial score (nSPS) is 33.3. The molecule has 132 valence electrons. The maximum absolute atomic E-state index is 13.9. The fourth-order valence-corrected chi connectivity index (χ4v) is 14.3. The van der Waals surface area contributed by atoms with Crippen molar-refractivity contribution in [3.05, 3.63) is 29.8 Å². The van der Waals surface area contributed by atoms with Gasteiger partial charge in [0.2, 0.25) is 0 Å². The first-order valence-electron chi connectivity index (χ1n) is 8.46. The van der Waals surface area contributed by atoms with E-state index < -0.39 is 38.8 Å². The van der Waals surface area contributed by atoms with Gasteiger partial charge in [0.1, 0.15) is 9.91 Å². The first kappa shape index (κ1) is 17.8. The number of nitrogens with zero attached hydrogens (tertiary/aromatic N) is 2. The van der Waals surface area contributed by atoms with E-state index in [1.54, 1.807) is 12.1 Å². The Labute approximate surface area is 146 Å². The molecule has 1 aromatic rings. The fraction of sp³-hybridized carbons (Fsp3) is 0.667. The van der Waals surface area contributed by atoms with Gasteiger partial charge in [-0.3, -0.25) is 0 Å². The van der Waals surface area contributed by atoms with Crippen molar-refractivity contribution in [2.75, 3.05) is 0 Å². The highest BCUT2D eigenvalue weighted by Crippen LogP contribution is 2.82. The molecule has 0 N–H and O–H groups in total. The second-order valence-corrected chi connectivity index (χ2v) is 16.7. The van der Waals surface area contributed by atoms with Crippen LogP contribution in [0.5, 0.6) is 0 Å². The lowest BCUT2D eigenvalue weighted by Crippen LogP contribution is -2.53. The van der Waals surface area contributed by atoms with E-state index >= 15 is 0 Å². The average Bonchev–Trinajstić information content (AvgIpc) is 2.73. The number of hydrogen-bond acceptors (Lipinski definition) is 4. The van der Waals surface area contributed by atoms with Crippen molar-refractivity contribution in [2.24, 2.45) is 15.6 Å². The smallest absolute Gasteiger partial charge is 0.189 e. The van der Waals surface area contributed by atoms with E-state index in [-0.39, 0.29) is 0 Å². The highest BCUT2D eigenvalue weighted by Gasteiger charge is 2.98. The van der Waals surface area contributed by atoms with Gasteiger partial charge in [0, 0.05) is 5.41 Å². The Morgan fingerprint density at radius 2 is 1.42 bits per heavy atom. The SMILES string of the molecule is Cc1ccc(S(=O)(=O)C23C(C)(C)N=NC2([Si](C)(C)C)C3(C)C)cc1. The van der Waals surface area contributed by atoms with Crippen LogP contribution >= 0.6 is 0 Å². The summed E-state index contributed by atoms with van der Waals surface area (Å²) in [6, 6.07) is 7.20. The van der Waals surface area contributed by atoms with E-state index in [0.29, 0.717) is 4.90 Å². The Hall–Kier alpha value is -1.01. The molecular weight excluding hydrogens is 336 g/mol. The van der Waals surface area contributed by atoms with Crippen LogP contribution in [0.15, 0.2) is 39.4 Å². The topological polar surface area (TPSA) is 58.9 Å². The highest BCUT2D eigenvalue weighted by molar-refractivity contribution is 7.93. The first-order chi connectivity index (χ1) is 10.7. The van der Waals surface area contributed by atoms with E-state index in [9.17, 15) is 8.42 Å². The van der Waals surface area contributed by atoms with Gasteiger partial charge in [-0.2, -0.15) is 10.2 Å². The molecule has 1 fully saturated rings. The Morgan fingerprint density at radius 3 is 1.83 bits per heavy atom. The molecule has 2 unspecified atom stereocenters. The van der Waals surface area contributed by atoms with Crippen LogP contribution in [-0.4, -0.2) is 31.9 Å². The average molecular weight is 365 g/mol. The van der Waals surface area contributed by atoms with Crippen LogP contribution in [0.3, 0.4) is 0 Å². The summed E-state index contributed by atoms with van der Waals surface area (Å²) in [5.41, 5.74) is -0.113. The fourth-order valence-electron chi connectivity index (χ4n) is 5.85. The van der Waals surface area contributed by atoms with Gasteiger partial charge in [0.25, 0.3) is 0 Å². The minimum absolute atomic E-state index is 0.390. The summed E-state index contributed by atoms with van der Waals surface area (Å²) >= 11 is 0. The number of rotatable bonds is 3. The molecule has 6 heteroatoms. The minimum Gasteiger partial charge on any atom is -0.223 e. The molecule has 24 heavy (non-hydrogen) atoms. The zero-order valence-electron chi connectivity index (χ0n) is 15.9. The molecular formula is C18H28N2O2SSi. The van der Waals surface area contributed by atoms with E-state index in [2.05, 4.69) is 38.6 Å². The molecule has 1 aliphatic carbocycles. The predicted octanol–water partition coefficient (Wildman–Crippen LogP) is 4.41. The van der Waals surface area contributed by atoms with Gasteiger partial charge >= 0.3 is 0 Å². The predicted molar refractivity (Wildman–Crippen MR) is 99.9 cm³/mol.